The Kier molecular flexibility index (Phi) is 6.93. The zero-order valence-electron chi connectivity index (χ0n) is 18.7. The quantitative estimate of drug-likeness (QED) is 0.542. The van der Waals surface area contributed by atoms with E-state index in [0.717, 1.165) is 34.7 Å². The predicted molar refractivity (Wildman–Crippen MR) is 123 cm³/mol. The van der Waals surface area contributed by atoms with Gasteiger partial charge in [-0.25, -0.2) is 4.68 Å². The molecule has 0 fully saturated rings. The summed E-state index contributed by atoms with van der Waals surface area (Å²) in [5, 5.41) is 4.92. The molecule has 0 aliphatic rings. The molecule has 3 aromatic rings. The Labute approximate surface area is 179 Å². The van der Waals surface area contributed by atoms with E-state index in [0.29, 0.717) is 19.0 Å². The lowest BCUT2D eigenvalue weighted by molar-refractivity contribution is 0.0722. The number of aromatic nitrogens is 2. The van der Waals surface area contributed by atoms with Crippen molar-refractivity contribution >= 4 is 11.7 Å². The van der Waals surface area contributed by atoms with E-state index in [1.807, 2.05) is 72.2 Å². The van der Waals surface area contributed by atoms with Crippen LogP contribution in [0.3, 0.4) is 0 Å². The molecule has 1 amide bonds. The Morgan fingerprint density at radius 3 is 2.13 bits per heavy atom. The van der Waals surface area contributed by atoms with Gasteiger partial charge in [0, 0.05) is 31.8 Å². The van der Waals surface area contributed by atoms with Gasteiger partial charge in [0.15, 0.2) is 0 Å². The van der Waals surface area contributed by atoms with Crippen LogP contribution in [0.15, 0.2) is 60.7 Å². The minimum atomic E-state index is 0.0588. The maximum atomic E-state index is 13.3. The van der Waals surface area contributed by atoms with Gasteiger partial charge in [-0.3, -0.25) is 4.79 Å². The maximum absolute atomic E-state index is 13.3. The molecule has 3 rings (SSSR count). The van der Waals surface area contributed by atoms with E-state index in [2.05, 4.69) is 37.8 Å². The summed E-state index contributed by atoms with van der Waals surface area (Å²) in [6.45, 7) is 7.64. The second kappa shape index (κ2) is 9.61. The summed E-state index contributed by atoms with van der Waals surface area (Å²) in [4.78, 5) is 17.4. The fraction of sp³-hybridized carbons (Fsp3) is 0.360. The topological polar surface area (TPSA) is 41.4 Å². The number of benzene rings is 2. The Balaban J connectivity index is 2.05. The van der Waals surface area contributed by atoms with E-state index in [9.17, 15) is 4.79 Å². The summed E-state index contributed by atoms with van der Waals surface area (Å²) in [5.41, 5.74) is 3.87. The molecule has 30 heavy (non-hydrogen) atoms. The second-order valence-corrected chi connectivity index (χ2v) is 8.19. The number of hydrogen-bond donors (Lipinski definition) is 0. The highest BCUT2D eigenvalue weighted by atomic mass is 16.2. The lowest BCUT2D eigenvalue weighted by atomic mass is 10.1. The molecule has 0 radical (unpaired) electrons. The summed E-state index contributed by atoms with van der Waals surface area (Å²) in [5.74, 6) is 1.45. The molecule has 0 spiro atoms. The Morgan fingerprint density at radius 1 is 1.00 bits per heavy atom. The highest BCUT2D eigenvalue weighted by molar-refractivity contribution is 5.94. The molecule has 1 heterocycles. The van der Waals surface area contributed by atoms with Gasteiger partial charge in [-0.1, -0.05) is 57.2 Å². The molecule has 0 aliphatic heterocycles. The highest BCUT2D eigenvalue weighted by Crippen LogP contribution is 2.29. The van der Waals surface area contributed by atoms with Gasteiger partial charge in [-0.15, -0.1) is 0 Å². The fourth-order valence-electron chi connectivity index (χ4n) is 3.75. The number of amides is 1. The van der Waals surface area contributed by atoms with Crippen molar-refractivity contribution in [2.75, 3.05) is 25.5 Å². The minimum absolute atomic E-state index is 0.0588. The monoisotopic (exact) mass is 404 g/mol. The summed E-state index contributed by atoms with van der Waals surface area (Å²) in [6, 6.07) is 19.7. The molecule has 5 nitrogen and oxygen atoms in total. The highest BCUT2D eigenvalue weighted by Gasteiger charge is 2.25. The Morgan fingerprint density at radius 2 is 1.60 bits per heavy atom. The van der Waals surface area contributed by atoms with Gasteiger partial charge in [0.05, 0.1) is 17.9 Å². The molecule has 0 aliphatic carbocycles. The third-order valence-electron chi connectivity index (χ3n) is 5.04. The summed E-state index contributed by atoms with van der Waals surface area (Å²) < 4.78 is 1.99. The van der Waals surface area contributed by atoms with Crippen molar-refractivity contribution in [2.24, 2.45) is 5.92 Å². The van der Waals surface area contributed by atoms with E-state index in [4.69, 9.17) is 5.10 Å². The zero-order chi connectivity index (χ0) is 21.7. The van der Waals surface area contributed by atoms with Crippen LogP contribution >= 0.6 is 0 Å². The molecule has 0 bridgehead atoms. The Hall–Kier alpha value is -3.08. The molecule has 0 unspecified atom stereocenters. The summed E-state index contributed by atoms with van der Waals surface area (Å²) in [6.07, 6.45) is 0.811. The molecule has 0 N–H and O–H groups in total. The first-order chi connectivity index (χ1) is 14.4. The van der Waals surface area contributed by atoms with Crippen molar-refractivity contribution < 1.29 is 4.79 Å². The van der Waals surface area contributed by atoms with Crippen LogP contribution < -0.4 is 4.90 Å². The van der Waals surface area contributed by atoms with Crippen LogP contribution in [0.25, 0.3) is 5.69 Å². The van der Waals surface area contributed by atoms with E-state index in [1.165, 1.54) is 0 Å². The van der Waals surface area contributed by atoms with Crippen molar-refractivity contribution in [2.45, 2.75) is 33.7 Å². The molecule has 2 aromatic carbocycles. The van der Waals surface area contributed by atoms with Crippen LogP contribution in [0.5, 0.6) is 0 Å². The Bertz CT molecular complexity index is 962. The normalized spacial score (nSPS) is 11.0. The van der Waals surface area contributed by atoms with Gasteiger partial charge in [0.25, 0.3) is 5.91 Å². The van der Waals surface area contributed by atoms with Crippen LogP contribution in [0.2, 0.25) is 0 Å². The van der Waals surface area contributed by atoms with E-state index >= 15 is 0 Å². The van der Waals surface area contributed by atoms with Gasteiger partial charge in [-0.05, 0) is 36.6 Å². The van der Waals surface area contributed by atoms with Crippen molar-refractivity contribution in [3.63, 3.8) is 0 Å². The first-order valence-corrected chi connectivity index (χ1v) is 10.6. The first kappa shape index (κ1) is 21.6. The van der Waals surface area contributed by atoms with Crippen LogP contribution in [0, 0.1) is 5.92 Å². The number of aryl methyl sites for hydroxylation is 1. The fourth-order valence-corrected chi connectivity index (χ4v) is 3.75. The number of hydrogen-bond acceptors (Lipinski definition) is 3. The lowest BCUT2D eigenvalue weighted by Crippen LogP contribution is -2.34. The van der Waals surface area contributed by atoms with E-state index in [1.54, 1.807) is 0 Å². The van der Waals surface area contributed by atoms with Crippen molar-refractivity contribution in [3.8, 4) is 5.69 Å². The number of para-hydroxylation sites is 1. The number of rotatable bonds is 8. The molecule has 5 heteroatoms. The van der Waals surface area contributed by atoms with Crippen LogP contribution in [0.1, 0.15) is 42.4 Å². The molecular weight excluding hydrogens is 372 g/mol. The number of nitrogens with zero attached hydrogens (tertiary/aromatic N) is 4. The molecule has 1 aromatic heterocycles. The van der Waals surface area contributed by atoms with Crippen LogP contribution in [-0.2, 0) is 13.0 Å². The molecule has 158 valence electrons. The van der Waals surface area contributed by atoms with Crippen LogP contribution in [0.4, 0.5) is 5.82 Å². The average Bonchev–Trinajstić information content (AvgIpc) is 3.12. The summed E-state index contributed by atoms with van der Waals surface area (Å²) in [7, 11) is 4.07. The minimum Gasteiger partial charge on any atom is -0.362 e. The van der Waals surface area contributed by atoms with Crippen molar-refractivity contribution in [3.05, 3.63) is 77.5 Å². The van der Waals surface area contributed by atoms with Crippen LogP contribution in [-0.4, -0.2) is 41.2 Å². The van der Waals surface area contributed by atoms with Crippen molar-refractivity contribution in [1.82, 2.24) is 14.7 Å². The lowest BCUT2D eigenvalue weighted by Gasteiger charge is -2.26. The number of anilines is 1. The molecular formula is C25H32N4O. The maximum Gasteiger partial charge on any atom is 0.254 e. The van der Waals surface area contributed by atoms with Gasteiger partial charge >= 0.3 is 0 Å². The molecule has 0 saturated heterocycles. The van der Waals surface area contributed by atoms with Gasteiger partial charge < -0.3 is 9.80 Å². The summed E-state index contributed by atoms with van der Waals surface area (Å²) >= 11 is 0. The largest absolute Gasteiger partial charge is 0.362 e. The van der Waals surface area contributed by atoms with E-state index < -0.39 is 0 Å². The van der Waals surface area contributed by atoms with Crippen molar-refractivity contribution in [1.29, 1.82) is 0 Å². The number of carbonyl (C=O) groups is 1. The van der Waals surface area contributed by atoms with Gasteiger partial charge in [-0.2, -0.15) is 5.10 Å². The SMILES string of the molecule is CCc1nn(-c2ccccc2)c(N(C)C)c1CN(CC(C)C)C(=O)c1ccccc1. The van der Waals surface area contributed by atoms with Gasteiger partial charge in [0.1, 0.15) is 5.82 Å². The molecule has 0 atom stereocenters. The smallest absolute Gasteiger partial charge is 0.254 e. The molecule has 0 saturated carbocycles. The second-order valence-electron chi connectivity index (χ2n) is 8.19. The third kappa shape index (κ3) is 4.73. The standard InChI is InChI=1S/C25H32N4O/c1-6-23-22(24(27(4)5)29(26-23)21-15-11-8-12-16-21)18-28(17-19(2)3)25(30)20-13-9-7-10-14-20/h7-16,19H,6,17-18H2,1-5H3. The van der Waals surface area contributed by atoms with E-state index in [-0.39, 0.29) is 5.91 Å². The third-order valence-corrected chi connectivity index (χ3v) is 5.04. The zero-order valence-corrected chi connectivity index (χ0v) is 18.7. The average molecular weight is 405 g/mol. The number of carbonyl (C=O) groups excluding carboxylic acids is 1. The predicted octanol–water partition coefficient (Wildman–Crippen LogP) is 4.80. The van der Waals surface area contributed by atoms with Gasteiger partial charge in [0.2, 0.25) is 0 Å². The first-order valence-electron chi connectivity index (χ1n) is 10.6.